The molecule has 142 valence electrons. The molecule has 0 atom stereocenters. The fourth-order valence-corrected chi connectivity index (χ4v) is 3.37. The number of rotatable bonds is 3. The van der Waals surface area contributed by atoms with Gasteiger partial charge in [-0.05, 0) is 18.6 Å². The zero-order chi connectivity index (χ0) is 19.2. The van der Waals surface area contributed by atoms with Crippen LogP contribution in [0.25, 0.3) is 10.9 Å². The summed E-state index contributed by atoms with van der Waals surface area (Å²) in [5.41, 5.74) is 2.07. The molecule has 0 aliphatic carbocycles. The summed E-state index contributed by atoms with van der Waals surface area (Å²) in [6.07, 6.45) is -2.56. The van der Waals surface area contributed by atoms with Crippen molar-refractivity contribution in [3.05, 3.63) is 41.6 Å². The van der Waals surface area contributed by atoms with Crippen LogP contribution in [-0.4, -0.2) is 41.9 Å². The van der Waals surface area contributed by atoms with E-state index < -0.39 is 12.0 Å². The molecule has 1 aliphatic rings. The topological polar surface area (TPSA) is 68.8 Å². The summed E-state index contributed by atoms with van der Waals surface area (Å²) in [5, 5.41) is 12.2. The lowest BCUT2D eigenvalue weighted by molar-refractivity contribution is -0.148. The maximum Gasteiger partial charge on any atom is 0.451 e. The summed E-state index contributed by atoms with van der Waals surface area (Å²) in [4.78, 5) is 14.0. The maximum atomic E-state index is 12.9. The Bertz CT molecular complexity index is 1010. The number of fused-ring (bicyclic) bond motifs is 2. The first-order chi connectivity index (χ1) is 12.8. The third-order valence-corrected chi connectivity index (χ3v) is 4.80. The molecule has 0 unspecified atom stereocenters. The van der Waals surface area contributed by atoms with Gasteiger partial charge in [-0.15, -0.1) is 10.2 Å². The van der Waals surface area contributed by atoms with Crippen LogP contribution in [0.1, 0.15) is 23.6 Å². The van der Waals surface area contributed by atoms with Crippen molar-refractivity contribution in [3.63, 3.8) is 0 Å². The van der Waals surface area contributed by atoms with Gasteiger partial charge in [0.05, 0.1) is 24.8 Å². The second kappa shape index (κ2) is 6.36. The van der Waals surface area contributed by atoms with Crippen molar-refractivity contribution in [2.45, 2.75) is 39.2 Å². The fraction of sp³-hybridized carbons (Fsp3) is 0.412. The first-order valence-electron chi connectivity index (χ1n) is 8.53. The molecule has 3 heterocycles. The van der Waals surface area contributed by atoms with Crippen LogP contribution in [0.5, 0.6) is 0 Å². The molecule has 0 saturated heterocycles. The van der Waals surface area contributed by atoms with Crippen LogP contribution >= 0.6 is 0 Å². The lowest BCUT2D eigenvalue weighted by Crippen LogP contribution is -2.39. The van der Waals surface area contributed by atoms with E-state index in [1.807, 2.05) is 25.1 Å². The Hall–Kier alpha value is -2.91. The zero-order valence-electron chi connectivity index (χ0n) is 14.6. The van der Waals surface area contributed by atoms with Gasteiger partial charge in [0.1, 0.15) is 0 Å². The Labute approximate surface area is 152 Å². The molecule has 2 aromatic heterocycles. The SMILES string of the molecule is Cc1cccc2c1cnn2CCC(=O)N1CCn2c(nnc2C(F)(F)F)C1. The number of aromatic nitrogens is 5. The highest BCUT2D eigenvalue weighted by atomic mass is 19.4. The van der Waals surface area contributed by atoms with Crippen molar-refractivity contribution in [2.24, 2.45) is 0 Å². The average Bonchev–Trinajstić information content (AvgIpc) is 3.23. The molecule has 0 bridgehead atoms. The minimum absolute atomic E-state index is 0.0286. The predicted molar refractivity (Wildman–Crippen MR) is 89.5 cm³/mol. The number of amides is 1. The number of alkyl halides is 3. The standard InChI is InChI=1S/C17H17F3N6O/c1-11-3-2-4-13-12(11)9-21-26(13)6-5-15(27)24-7-8-25-14(10-24)22-23-16(25)17(18,19)20/h2-4,9H,5-8,10H2,1H3. The highest BCUT2D eigenvalue weighted by Crippen LogP contribution is 2.29. The van der Waals surface area contributed by atoms with E-state index in [2.05, 4.69) is 15.3 Å². The van der Waals surface area contributed by atoms with E-state index in [1.54, 1.807) is 10.9 Å². The van der Waals surface area contributed by atoms with E-state index in [9.17, 15) is 18.0 Å². The summed E-state index contributed by atoms with van der Waals surface area (Å²) >= 11 is 0. The van der Waals surface area contributed by atoms with Crippen molar-refractivity contribution in [2.75, 3.05) is 6.54 Å². The van der Waals surface area contributed by atoms with E-state index in [0.29, 0.717) is 6.54 Å². The van der Waals surface area contributed by atoms with Crippen LogP contribution in [0.2, 0.25) is 0 Å². The normalized spacial score (nSPS) is 14.6. The molecule has 10 heteroatoms. The number of carbonyl (C=O) groups excluding carboxylic acids is 1. The first kappa shape index (κ1) is 17.5. The van der Waals surface area contributed by atoms with Crippen LogP contribution in [0.3, 0.4) is 0 Å². The van der Waals surface area contributed by atoms with Crippen LogP contribution in [0.15, 0.2) is 24.4 Å². The second-order valence-electron chi connectivity index (χ2n) is 6.53. The minimum atomic E-state index is -4.54. The van der Waals surface area contributed by atoms with Gasteiger partial charge in [-0.2, -0.15) is 18.3 Å². The molecule has 1 aliphatic heterocycles. The molecule has 1 aromatic carbocycles. The van der Waals surface area contributed by atoms with Crippen molar-refractivity contribution in [1.82, 2.24) is 29.4 Å². The van der Waals surface area contributed by atoms with E-state index in [4.69, 9.17) is 0 Å². The Balaban J connectivity index is 1.44. The molecule has 0 N–H and O–H groups in total. The van der Waals surface area contributed by atoms with Gasteiger partial charge in [0.15, 0.2) is 5.82 Å². The molecule has 1 amide bonds. The molecule has 0 spiro atoms. The van der Waals surface area contributed by atoms with E-state index in [0.717, 1.165) is 21.0 Å². The number of halogens is 3. The van der Waals surface area contributed by atoms with Gasteiger partial charge in [0.2, 0.25) is 11.7 Å². The molecule has 3 aromatic rings. The van der Waals surface area contributed by atoms with E-state index >= 15 is 0 Å². The van der Waals surface area contributed by atoms with Crippen LogP contribution in [0.4, 0.5) is 13.2 Å². The number of hydrogen-bond donors (Lipinski definition) is 0. The molecule has 0 saturated carbocycles. The average molecular weight is 378 g/mol. The number of carbonyl (C=O) groups is 1. The van der Waals surface area contributed by atoms with Crippen LogP contribution in [0, 0.1) is 6.92 Å². The Kier molecular flexibility index (Phi) is 4.12. The third-order valence-electron chi connectivity index (χ3n) is 4.80. The van der Waals surface area contributed by atoms with Gasteiger partial charge in [-0.25, -0.2) is 0 Å². The van der Waals surface area contributed by atoms with Gasteiger partial charge < -0.3 is 9.47 Å². The summed E-state index contributed by atoms with van der Waals surface area (Å²) in [7, 11) is 0. The van der Waals surface area contributed by atoms with Gasteiger partial charge in [-0.3, -0.25) is 9.48 Å². The fourth-order valence-electron chi connectivity index (χ4n) is 3.37. The smallest absolute Gasteiger partial charge is 0.333 e. The summed E-state index contributed by atoms with van der Waals surface area (Å²) in [6, 6.07) is 5.88. The molecule has 0 radical (unpaired) electrons. The van der Waals surface area contributed by atoms with Gasteiger partial charge in [0.25, 0.3) is 0 Å². The Morgan fingerprint density at radius 1 is 1.22 bits per heavy atom. The molecule has 0 fully saturated rings. The highest BCUT2D eigenvalue weighted by molar-refractivity contribution is 5.82. The molecule has 4 rings (SSSR count). The molecular weight excluding hydrogens is 361 g/mol. The van der Waals surface area contributed by atoms with E-state index in [1.165, 1.54) is 4.90 Å². The molecule has 7 nitrogen and oxygen atoms in total. The molecule has 27 heavy (non-hydrogen) atoms. The number of aryl methyl sites for hydroxylation is 2. The number of nitrogens with zero attached hydrogens (tertiary/aromatic N) is 6. The largest absolute Gasteiger partial charge is 0.451 e. The second-order valence-corrected chi connectivity index (χ2v) is 6.53. The monoisotopic (exact) mass is 378 g/mol. The van der Waals surface area contributed by atoms with Gasteiger partial charge in [-0.1, -0.05) is 12.1 Å². The minimum Gasteiger partial charge on any atom is -0.333 e. The first-order valence-corrected chi connectivity index (χ1v) is 8.53. The highest BCUT2D eigenvalue weighted by Gasteiger charge is 2.39. The lowest BCUT2D eigenvalue weighted by atomic mass is 10.1. The summed E-state index contributed by atoms with van der Waals surface area (Å²) < 4.78 is 41.5. The van der Waals surface area contributed by atoms with Crippen molar-refractivity contribution < 1.29 is 18.0 Å². The Morgan fingerprint density at radius 2 is 2.04 bits per heavy atom. The molecular formula is C17H17F3N6O. The summed E-state index contributed by atoms with van der Waals surface area (Å²) in [6.45, 7) is 2.67. The van der Waals surface area contributed by atoms with Gasteiger partial charge >= 0.3 is 6.18 Å². The van der Waals surface area contributed by atoms with E-state index in [-0.39, 0.29) is 37.8 Å². The number of hydrogen-bond acceptors (Lipinski definition) is 4. The Morgan fingerprint density at radius 3 is 2.81 bits per heavy atom. The maximum absolute atomic E-state index is 12.9. The van der Waals surface area contributed by atoms with Crippen molar-refractivity contribution in [1.29, 1.82) is 0 Å². The zero-order valence-corrected chi connectivity index (χ0v) is 14.6. The van der Waals surface area contributed by atoms with Crippen LogP contribution in [-0.2, 0) is 30.6 Å². The van der Waals surface area contributed by atoms with Crippen LogP contribution < -0.4 is 0 Å². The lowest BCUT2D eigenvalue weighted by Gasteiger charge is -2.28. The van der Waals surface area contributed by atoms with Crippen molar-refractivity contribution in [3.8, 4) is 0 Å². The number of benzene rings is 1. The quantitative estimate of drug-likeness (QED) is 0.702. The summed E-state index contributed by atoms with van der Waals surface area (Å²) in [5.74, 6) is -1.00. The van der Waals surface area contributed by atoms with Crippen molar-refractivity contribution >= 4 is 16.8 Å². The third kappa shape index (κ3) is 3.15. The predicted octanol–water partition coefficient (Wildman–Crippen LogP) is 2.39. The van der Waals surface area contributed by atoms with Gasteiger partial charge in [0, 0.05) is 24.9 Å².